The summed E-state index contributed by atoms with van der Waals surface area (Å²) >= 11 is 3.42. The predicted molar refractivity (Wildman–Crippen MR) is 118 cm³/mol. The van der Waals surface area contributed by atoms with E-state index in [-0.39, 0.29) is 5.91 Å². The summed E-state index contributed by atoms with van der Waals surface area (Å²) in [6.45, 7) is 9.25. The first kappa shape index (κ1) is 21.9. The molecule has 0 saturated heterocycles. The minimum Gasteiger partial charge on any atom is -0.490 e. The van der Waals surface area contributed by atoms with Crippen molar-refractivity contribution >= 4 is 27.5 Å². The largest absolute Gasteiger partial charge is 0.490 e. The van der Waals surface area contributed by atoms with Crippen molar-refractivity contribution in [3.05, 3.63) is 52.5 Å². The number of benzene rings is 1. The van der Waals surface area contributed by atoms with Crippen LogP contribution in [0.25, 0.3) is 0 Å². The SMILES string of the molecule is CCOc1ccc(Cn2cc(NC(=O)C(C)n3cc(Br)c(C)n3)cn2)cc1OCC. The van der Waals surface area contributed by atoms with E-state index in [0.29, 0.717) is 31.2 Å². The molecule has 1 aromatic carbocycles. The molecule has 0 spiro atoms. The van der Waals surface area contributed by atoms with E-state index in [9.17, 15) is 4.79 Å². The lowest BCUT2D eigenvalue weighted by atomic mass is 10.2. The van der Waals surface area contributed by atoms with Gasteiger partial charge < -0.3 is 14.8 Å². The van der Waals surface area contributed by atoms with Crippen molar-refractivity contribution in [3.63, 3.8) is 0 Å². The van der Waals surface area contributed by atoms with Gasteiger partial charge in [0.25, 0.3) is 0 Å². The monoisotopic (exact) mass is 475 g/mol. The Morgan fingerprint density at radius 1 is 1.20 bits per heavy atom. The summed E-state index contributed by atoms with van der Waals surface area (Å²) in [6.07, 6.45) is 5.23. The van der Waals surface area contributed by atoms with Gasteiger partial charge in [-0.05, 0) is 61.3 Å². The maximum atomic E-state index is 12.6. The molecule has 0 fully saturated rings. The molecule has 1 amide bonds. The molecule has 0 aliphatic carbocycles. The second-order valence-corrected chi connectivity index (χ2v) is 7.64. The van der Waals surface area contributed by atoms with Crippen molar-refractivity contribution in [2.24, 2.45) is 0 Å². The summed E-state index contributed by atoms with van der Waals surface area (Å²) < 4.78 is 15.6. The van der Waals surface area contributed by atoms with E-state index < -0.39 is 6.04 Å². The highest BCUT2D eigenvalue weighted by Crippen LogP contribution is 2.29. The van der Waals surface area contributed by atoms with Gasteiger partial charge in [-0.25, -0.2) is 0 Å². The second kappa shape index (κ2) is 9.80. The average Bonchev–Trinajstić information content (AvgIpc) is 3.29. The van der Waals surface area contributed by atoms with Crippen LogP contribution in [0.15, 0.2) is 41.3 Å². The molecule has 160 valence electrons. The summed E-state index contributed by atoms with van der Waals surface area (Å²) in [5, 5.41) is 11.6. The second-order valence-electron chi connectivity index (χ2n) is 6.78. The minimum absolute atomic E-state index is 0.163. The smallest absolute Gasteiger partial charge is 0.249 e. The highest BCUT2D eigenvalue weighted by Gasteiger charge is 2.18. The number of amides is 1. The summed E-state index contributed by atoms with van der Waals surface area (Å²) in [5.74, 6) is 1.28. The lowest BCUT2D eigenvalue weighted by Crippen LogP contribution is -2.23. The predicted octanol–water partition coefficient (Wildman–Crippen LogP) is 4.20. The number of aryl methyl sites for hydroxylation is 1. The van der Waals surface area contributed by atoms with Crippen LogP contribution in [0.3, 0.4) is 0 Å². The molecule has 3 aromatic rings. The van der Waals surface area contributed by atoms with Crippen molar-refractivity contribution in [3.8, 4) is 11.5 Å². The maximum Gasteiger partial charge on any atom is 0.249 e. The Kier molecular flexibility index (Phi) is 7.15. The van der Waals surface area contributed by atoms with E-state index in [1.807, 2.05) is 39.0 Å². The zero-order valence-electron chi connectivity index (χ0n) is 17.6. The number of aromatic nitrogens is 4. The normalized spacial score (nSPS) is 11.9. The first-order valence-electron chi connectivity index (χ1n) is 9.84. The van der Waals surface area contributed by atoms with Crippen LogP contribution in [0.2, 0.25) is 0 Å². The van der Waals surface area contributed by atoms with Gasteiger partial charge in [0.05, 0.1) is 41.8 Å². The van der Waals surface area contributed by atoms with E-state index in [1.54, 1.807) is 34.9 Å². The molecule has 3 rings (SSSR count). The molecule has 0 bridgehead atoms. The van der Waals surface area contributed by atoms with Gasteiger partial charge in [0.1, 0.15) is 6.04 Å². The van der Waals surface area contributed by atoms with E-state index >= 15 is 0 Å². The number of carbonyl (C=O) groups is 1. The Labute approximate surface area is 184 Å². The van der Waals surface area contributed by atoms with E-state index in [2.05, 4.69) is 31.4 Å². The van der Waals surface area contributed by atoms with Crippen molar-refractivity contribution in [2.45, 2.75) is 40.3 Å². The third kappa shape index (κ3) is 5.21. The Morgan fingerprint density at radius 3 is 2.60 bits per heavy atom. The molecule has 9 heteroatoms. The van der Waals surface area contributed by atoms with Gasteiger partial charge in [-0.15, -0.1) is 0 Å². The number of carbonyl (C=O) groups excluding carboxylic acids is 1. The first-order chi connectivity index (χ1) is 14.4. The number of anilines is 1. The third-order valence-corrected chi connectivity index (χ3v) is 5.26. The molecule has 0 aliphatic heterocycles. The molecule has 2 heterocycles. The lowest BCUT2D eigenvalue weighted by Gasteiger charge is -2.12. The minimum atomic E-state index is -0.446. The van der Waals surface area contributed by atoms with Gasteiger partial charge in [0.2, 0.25) is 5.91 Å². The molecule has 1 atom stereocenters. The van der Waals surface area contributed by atoms with Gasteiger partial charge in [-0.3, -0.25) is 14.2 Å². The van der Waals surface area contributed by atoms with Crippen LogP contribution in [0.4, 0.5) is 5.69 Å². The molecule has 0 saturated carbocycles. The topological polar surface area (TPSA) is 83.2 Å². The first-order valence-corrected chi connectivity index (χ1v) is 10.6. The molecule has 1 unspecified atom stereocenters. The lowest BCUT2D eigenvalue weighted by molar-refractivity contribution is -0.119. The number of ether oxygens (including phenoxy) is 2. The number of halogens is 1. The van der Waals surface area contributed by atoms with Crippen molar-refractivity contribution in [2.75, 3.05) is 18.5 Å². The number of rotatable bonds is 9. The van der Waals surface area contributed by atoms with E-state index in [1.165, 1.54) is 0 Å². The number of nitrogens with zero attached hydrogens (tertiary/aromatic N) is 4. The van der Waals surface area contributed by atoms with Gasteiger partial charge in [-0.2, -0.15) is 10.2 Å². The molecule has 30 heavy (non-hydrogen) atoms. The highest BCUT2D eigenvalue weighted by molar-refractivity contribution is 9.10. The summed E-state index contributed by atoms with van der Waals surface area (Å²) in [7, 11) is 0. The van der Waals surface area contributed by atoms with Gasteiger partial charge in [-0.1, -0.05) is 6.07 Å². The van der Waals surface area contributed by atoms with Crippen LogP contribution in [-0.4, -0.2) is 38.7 Å². The molecular formula is C21H26BrN5O3. The molecule has 8 nitrogen and oxygen atoms in total. The zero-order chi connectivity index (χ0) is 21.7. The fourth-order valence-corrected chi connectivity index (χ4v) is 3.21. The van der Waals surface area contributed by atoms with Gasteiger partial charge in [0.15, 0.2) is 11.5 Å². The highest BCUT2D eigenvalue weighted by atomic mass is 79.9. The van der Waals surface area contributed by atoms with Gasteiger partial charge >= 0.3 is 0 Å². The van der Waals surface area contributed by atoms with E-state index in [0.717, 1.165) is 21.5 Å². The quantitative estimate of drug-likeness (QED) is 0.501. The Morgan fingerprint density at radius 2 is 1.93 bits per heavy atom. The fourth-order valence-electron chi connectivity index (χ4n) is 2.92. The molecule has 2 aromatic heterocycles. The van der Waals surface area contributed by atoms with Crippen LogP contribution in [0.1, 0.15) is 38.1 Å². The summed E-state index contributed by atoms with van der Waals surface area (Å²) in [6, 6.07) is 5.39. The van der Waals surface area contributed by atoms with Crippen LogP contribution < -0.4 is 14.8 Å². The fraction of sp³-hybridized carbons (Fsp3) is 0.381. The molecule has 1 N–H and O–H groups in total. The molecule has 0 aliphatic rings. The molecular weight excluding hydrogens is 450 g/mol. The van der Waals surface area contributed by atoms with Crippen molar-refractivity contribution < 1.29 is 14.3 Å². The standard InChI is InChI=1S/C21H26BrN5O3/c1-5-29-19-8-7-16(9-20(19)30-6-2)11-26-12-17(10-23-26)24-21(28)15(4)27-13-18(22)14(3)25-27/h7-10,12-13,15H,5-6,11H2,1-4H3,(H,24,28). The van der Waals surface area contributed by atoms with Crippen molar-refractivity contribution in [1.82, 2.24) is 19.6 Å². The Bertz CT molecular complexity index is 994. The maximum absolute atomic E-state index is 12.6. The van der Waals surface area contributed by atoms with E-state index in [4.69, 9.17) is 9.47 Å². The number of hydrogen-bond acceptors (Lipinski definition) is 5. The van der Waals surface area contributed by atoms with Crippen LogP contribution in [-0.2, 0) is 11.3 Å². The third-order valence-electron chi connectivity index (χ3n) is 4.49. The number of hydrogen-bond donors (Lipinski definition) is 1. The summed E-state index contributed by atoms with van der Waals surface area (Å²) in [4.78, 5) is 12.6. The van der Waals surface area contributed by atoms with Crippen molar-refractivity contribution in [1.29, 1.82) is 0 Å². The Balaban J connectivity index is 1.66. The molecule has 0 radical (unpaired) electrons. The summed E-state index contributed by atoms with van der Waals surface area (Å²) in [5.41, 5.74) is 2.49. The van der Waals surface area contributed by atoms with Crippen LogP contribution in [0.5, 0.6) is 11.5 Å². The van der Waals surface area contributed by atoms with Crippen LogP contribution >= 0.6 is 15.9 Å². The van der Waals surface area contributed by atoms with Gasteiger partial charge in [0, 0.05) is 12.4 Å². The Hall–Kier alpha value is -2.81. The number of nitrogens with one attached hydrogen (secondary N) is 1. The zero-order valence-corrected chi connectivity index (χ0v) is 19.1. The van der Waals surface area contributed by atoms with Crippen LogP contribution in [0, 0.1) is 6.92 Å². The average molecular weight is 476 g/mol.